The molecule has 0 amide bonds. The van der Waals surface area contributed by atoms with Crippen molar-refractivity contribution in [3.8, 4) is 0 Å². The van der Waals surface area contributed by atoms with Crippen molar-refractivity contribution in [2.75, 3.05) is 31.1 Å². The molecule has 2 aromatic carbocycles. The van der Waals surface area contributed by atoms with Gasteiger partial charge in [-0.15, -0.1) is 24.0 Å². The van der Waals surface area contributed by atoms with E-state index in [1.807, 2.05) is 29.2 Å². The number of nitrogens with one attached hydrogen (secondary N) is 1. The van der Waals surface area contributed by atoms with Gasteiger partial charge in [0.05, 0.1) is 12.3 Å². The molecule has 10 heteroatoms. The SMILES string of the molecule is CC(C)NS(=O)(=O)Cc1ccccc1CN=C(N)N1CCN(c2ccc(F)cc2)CC1.I. The Balaban J connectivity index is 0.00000363. The predicted molar refractivity (Wildman–Crippen MR) is 138 cm³/mol. The van der Waals surface area contributed by atoms with Crippen molar-refractivity contribution in [3.63, 3.8) is 0 Å². The van der Waals surface area contributed by atoms with Gasteiger partial charge in [-0.05, 0) is 49.2 Å². The van der Waals surface area contributed by atoms with Gasteiger partial charge >= 0.3 is 0 Å². The first kappa shape index (κ1) is 26.3. The summed E-state index contributed by atoms with van der Waals surface area (Å²) in [6.45, 7) is 6.85. The van der Waals surface area contributed by atoms with Crippen LogP contribution in [0.5, 0.6) is 0 Å². The van der Waals surface area contributed by atoms with Gasteiger partial charge in [0.2, 0.25) is 10.0 Å². The fourth-order valence-corrected chi connectivity index (χ4v) is 5.06. The minimum atomic E-state index is -3.42. The monoisotopic (exact) mass is 575 g/mol. The zero-order valence-corrected chi connectivity index (χ0v) is 21.5. The van der Waals surface area contributed by atoms with Crippen LogP contribution in [0.3, 0.4) is 0 Å². The summed E-state index contributed by atoms with van der Waals surface area (Å²) in [5, 5.41) is 0. The number of nitrogens with two attached hydrogens (primary N) is 1. The fraction of sp³-hybridized carbons (Fsp3) is 0.409. The quantitative estimate of drug-likeness (QED) is 0.301. The molecule has 7 nitrogen and oxygen atoms in total. The minimum absolute atomic E-state index is 0. The van der Waals surface area contributed by atoms with Gasteiger partial charge in [-0.25, -0.2) is 22.5 Å². The molecule has 3 N–H and O–H groups in total. The zero-order valence-electron chi connectivity index (χ0n) is 18.4. The van der Waals surface area contributed by atoms with Crippen molar-refractivity contribution in [1.29, 1.82) is 0 Å². The largest absolute Gasteiger partial charge is 0.370 e. The van der Waals surface area contributed by atoms with E-state index in [9.17, 15) is 12.8 Å². The molecule has 3 rings (SSSR count). The molecule has 0 aliphatic carbocycles. The number of halogens is 2. The van der Waals surface area contributed by atoms with Gasteiger partial charge in [0.15, 0.2) is 5.96 Å². The number of benzene rings is 2. The summed E-state index contributed by atoms with van der Waals surface area (Å²) in [6, 6.07) is 13.7. The van der Waals surface area contributed by atoms with Crippen LogP contribution in [0.4, 0.5) is 10.1 Å². The maximum Gasteiger partial charge on any atom is 0.216 e. The average Bonchev–Trinajstić information content (AvgIpc) is 2.72. The third-order valence-corrected chi connectivity index (χ3v) is 6.61. The summed E-state index contributed by atoms with van der Waals surface area (Å²) < 4.78 is 40.4. The van der Waals surface area contributed by atoms with E-state index in [0.29, 0.717) is 31.2 Å². The molecule has 1 fully saturated rings. The highest BCUT2D eigenvalue weighted by molar-refractivity contribution is 14.0. The van der Waals surface area contributed by atoms with Crippen LogP contribution >= 0.6 is 24.0 Å². The molecule has 1 heterocycles. The Kier molecular flexibility index (Phi) is 9.71. The molecule has 0 saturated carbocycles. The predicted octanol–water partition coefficient (Wildman–Crippen LogP) is 2.91. The number of guanidine groups is 1. The van der Waals surface area contributed by atoms with E-state index in [0.717, 1.165) is 24.3 Å². The highest BCUT2D eigenvalue weighted by Gasteiger charge is 2.19. The van der Waals surface area contributed by atoms with Gasteiger partial charge in [0.1, 0.15) is 5.82 Å². The molecule has 176 valence electrons. The molecular formula is C22H31FIN5O2S. The zero-order chi connectivity index (χ0) is 22.4. The number of sulfonamides is 1. The van der Waals surface area contributed by atoms with Crippen LogP contribution < -0.4 is 15.4 Å². The Bertz CT molecular complexity index is 1010. The maximum absolute atomic E-state index is 13.1. The van der Waals surface area contributed by atoms with Gasteiger partial charge in [-0.3, -0.25) is 0 Å². The molecule has 0 unspecified atom stereocenters. The molecule has 2 aromatic rings. The second-order valence-electron chi connectivity index (χ2n) is 7.93. The fourth-order valence-electron chi connectivity index (χ4n) is 3.57. The van der Waals surface area contributed by atoms with E-state index in [1.165, 1.54) is 12.1 Å². The Labute approximate surface area is 207 Å². The maximum atomic E-state index is 13.1. The molecule has 1 aliphatic rings. The van der Waals surface area contributed by atoms with Crippen LogP contribution in [0.1, 0.15) is 25.0 Å². The number of hydrogen-bond donors (Lipinski definition) is 2. The van der Waals surface area contributed by atoms with Gasteiger partial charge < -0.3 is 15.5 Å². The van der Waals surface area contributed by atoms with Crippen molar-refractivity contribution in [2.45, 2.75) is 32.2 Å². The lowest BCUT2D eigenvalue weighted by atomic mass is 10.1. The Morgan fingerprint density at radius 3 is 2.25 bits per heavy atom. The topological polar surface area (TPSA) is 91.0 Å². The molecular weight excluding hydrogens is 544 g/mol. The smallest absolute Gasteiger partial charge is 0.216 e. The summed E-state index contributed by atoms with van der Waals surface area (Å²) in [7, 11) is -3.42. The number of aliphatic imine (C=N–C) groups is 1. The van der Waals surface area contributed by atoms with E-state index >= 15 is 0 Å². The molecule has 0 bridgehead atoms. The number of piperazine rings is 1. The summed E-state index contributed by atoms with van der Waals surface area (Å²) in [6.07, 6.45) is 0. The van der Waals surface area contributed by atoms with Crippen LogP contribution in [0, 0.1) is 5.82 Å². The van der Waals surface area contributed by atoms with Gasteiger partial charge in [-0.2, -0.15) is 0 Å². The van der Waals surface area contributed by atoms with Gasteiger partial charge in [-0.1, -0.05) is 24.3 Å². The van der Waals surface area contributed by atoms with Crippen molar-refractivity contribution >= 4 is 45.6 Å². The lowest BCUT2D eigenvalue weighted by Gasteiger charge is -2.36. The number of anilines is 1. The number of rotatable bonds is 7. The third kappa shape index (κ3) is 7.59. The standard InChI is InChI=1S/C22H30FN5O2S.HI/c1-17(2)26-31(29,30)16-19-6-4-3-5-18(19)15-25-22(24)28-13-11-27(12-14-28)21-9-7-20(23)8-10-21;/h3-10,17,26H,11-16H2,1-2H3,(H2,24,25);1H. The molecule has 0 radical (unpaired) electrons. The first-order valence-corrected chi connectivity index (χ1v) is 12.0. The molecule has 32 heavy (non-hydrogen) atoms. The highest BCUT2D eigenvalue weighted by atomic mass is 127. The first-order chi connectivity index (χ1) is 14.7. The lowest BCUT2D eigenvalue weighted by Crippen LogP contribution is -2.51. The minimum Gasteiger partial charge on any atom is -0.370 e. The first-order valence-electron chi connectivity index (χ1n) is 10.4. The van der Waals surface area contributed by atoms with E-state index in [4.69, 9.17) is 5.73 Å². The van der Waals surface area contributed by atoms with Crippen LogP contribution in [0.15, 0.2) is 53.5 Å². The van der Waals surface area contributed by atoms with Gasteiger partial charge in [0, 0.05) is 37.9 Å². The van der Waals surface area contributed by atoms with Crippen molar-refractivity contribution in [3.05, 3.63) is 65.5 Å². The van der Waals surface area contributed by atoms with E-state index in [1.54, 1.807) is 26.0 Å². The highest BCUT2D eigenvalue weighted by Crippen LogP contribution is 2.17. The van der Waals surface area contributed by atoms with Gasteiger partial charge in [0.25, 0.3) is 0 Å². The second-order valence-corrected chi connectivity index (χ2v) is 9.68. The van der Waals surface area contributed by atoms with E-state index < -0.39 is 10.0 Å². The second kappa shape index (κ2) is 11.8. The molecule has 0 aromatic heterocycles. The Morgan fingerprint density at radius 2 is 1.66 bits per heavy atom. The van der Waals surface area contributed by atoms with E-state index in [2.05, 4.69) is 14.6 Å². The van der Waals surface area contributed by atoms with E-state index in [-0.39, 0.29) is 41.6 Å². The summed E-state index contributed by atoms with van der Waals surface area (Å²) in [5.41, 5.74) is 8.76. The normalized spacial score (nSPS) is 15.1. The van der Waals surface area contributed by atoms with Crippen molar-refractivity contribution in [2.24, 2.45) is 10.7 Å². The van der Waals surface area contributed by atoms with Crippen LogP contribution in [-0.4, -0.2) is 51.5 Å². The third-order valence-electron chi connectivity index (χ3n) is 5.09. The molecule has 0 spiro atoms. The summed E-state index contributed by atoms with van der Waals surface area (Å²) >= 11 is 0. The van der Waals surface area contributed by atoms with Crippen molar-refractivity contribution < 1.29 is 12.8 Å². The molecule has 1 aliphatic heterocycles. The molecule has 0 atom stereocenters. The average molecular weight is 575 g/mol. The Morgan fingerprint density at radius 1 is 1.06 bits per heavy atom. The Hall–Kier alpha value is -1.92. The number of nitrogens with zero attached hydrogens (tertiary/aromatic N) is 3. The van der Waals surface area contributed by atoms with Crippen molar-refractivity contribution in [1.82, 2.24) is 9.62 Å². The number of hydrogen-bond acceptors (Lipinski definition) is 4. The summed E-state index contributed by atoms with van der Waals surface area (Å²) in [4.78, 5) is 8.72. The molecule has 1 saturated heterocycles. The lowest BCUT2D eigenvalue weighted by molar-refractivity contribution is 0.380. The summed E-state index contributed by atoms with van der Waals surface area (Å²) in [5.74, 6) is 0.108. The van der Waals surface area contributed by atoms with Crippen LogP contribution in [0.2, 0.25) is 0 Å². The van der Waals surface area contributed by atoms with Crippen LogP contribution in [0.25, 0.3) is 0 Å². The van der Waals surface area contributed by atoms with Crippen LogP contribution in [-0.2, 0) is 22.3 Å².